The Hall–Kier alpha value is -2.82. The van der Waals surface area contributed by atoms with Crippen molar-refractivity contribution in [2.24, 2.45) is 13.0 Å². The fourth-order valence-corrected chi connectivity index (χ4v) is 4.04. The Balaban J connectivity index is 1.79. The predicted octanol–water partition coefficient (Wildman–Crippen LogP) is 4.82. The van der Waals surface area contributed by atoms with Crippen molar-refractivity contribution in [3.63, 3.8) is 0 Å². The van der Waals surface area contributed by atoms with Crippen LogP contribution >= 0.6 is 0 Å². The summed E-state index contributed by atoms with van der Waals surface area (Å²) in [6.07, 6.45) is 7.39. The van der Waals surface area contributed by atoms with Crippen molar-refractivity contribution >= 4 is 16.9 Å². The smallest absolute Gasteiger partial charge is 0.306 e. The van der Waals surface area contributed by atoms with Crippen LogP contribution in [-0.2, 0) is 18.3 Å². The third-order valence-electron chi connectivity index (χ3n) is 5.56. The van der Waals surface area contributed by atoms with E-state index in [1.165, 1.54) is 12.8 Å². The molecule has 0 amide bonds. The second-order valence-electron chi connectivity index (χ2n) is 7.84. The molecule has 0 spiro atoms. The van der Waals surface area contributed by atoms with E-state index in [0.717, 1.165) is 46.2 Å². The molecule has 146 valence electrons. The summed E-state index contributed by atoms with van der Waals surface area (Å²) < 4.78 is 8.20. The first kappa shape index (κ1) is 18.5. The number of carbonyl (C=O) groups is 1. The number of benzene rings is 2. The zero-order valence-corrected chi connectivity index (χ0v) is 16.4. The monoisotopic (exact) mass is 378 g/mol. The molecule has 1 aliphatic rings. The van der Waals surface area contributed by atoms with Crippen LogP contribution in [0, 0.1) is 5.92 Å². The summed E-state index contributed by atoms with van der Waals surface area (Å²) in [4.78, 5) is 11.3. The predicted molar refractivity (Wildman–Crippen MR) is 110 cm³/mol. The number of aryl methyl sites for hydroxylation is 1. The zero-order valence-electron chi connectivity index (χ0n) is 16.4. The molecule has 1 atom stereocenters. The fraction of sp³-hybridized carbons (Fsp3) is 0.391. The number of rotatable bonds is 6. The highest BCUT2D eigenvalue weighted by atomic mass is 16.5. The van der Waals surface area contributed by atoms with Crippen LogP contribution in [0.15, 0.2) is 42.6 Å². The number of carboxylic acids is 1. The van der Waals surface area contributed by atoms with Crippen LogP contribution in [0.2, 0.25) is 0 Å². The van der Waals surface area contributed by atoms with Gasteiger partial charge in [-0.15, -0.1) is 0 Å². The van der Waals surface area contributed by atoms with E-state index < -0.39 is 11.9 Å². The number of ether oxygens (including phenoxy) is 1. The minimum Gasteiger partial charge on any atom is -0.490 e. The maximum atomic E-state index is 11.3. The molecule has 1 unspecified atom stereocenters. The number of nitrogens with zero attached hydrogens (tertiary/aromatic N) is 2. The third kappa shape index (κ3) is 3.75. The first-order chi connectivity index (χ1) is 13.5. The molecule has 1 heterocycles. The molecule has 0 radical (unpaired) electrons. The lowest BCUT2D eigenvalue weighted by atomic mass is 9.95. The lowest BCUT2D eigenvalue weighted by Gasteiger charge is -2.18. The third-order valence-corrected chi connectivity index (χ3v) is 5.56. The molecular formula is C23H26N2O3. The second kappa shape index (κ2) is 7.66. The highest BCUT2D eigenvalue weighted by Crippen LogP contribution is 2.38. The molecule has 28 heavy (non-hydrogen) atoms. The van der Waals surface area contributed by atoms with Crippen LogP contribution in [0.25, 0.3) is 22.0 Å². The van der Waals surface area contributed by atoms with Crippen molar-refractivity contribution < 1.29 is 14.6 Å². The molecule has 4 rings (SSSR count). The summed E-state index contributed by atoms with van der Waals surface area (Å²) in [6, 6.07) is 12.2. The minimum absolute atomic E-state index is 0.260. The van der Waals surface area contributed by atoms with E-state index in [2.05, 4.69) is 17.2 Å². The minimum atomic E-state index is -0.776. The van der Waals surface area contributed by atoms with E-state index in [-0.39, 0.29) is 6.10 Å². The molecule has 1 fully saturated rings. The van der Waals surface area contributed by atoms with Crippen LogP contribution < -0.4 is 4.74 Å². The average Bonchev–Trinajstić information content (AvgIpc) is 3.31. The normalized spacial score (nSPS) is 15.8. The lowest BCUT2D eigenvalue weighted by molar-refractivity contribution is -0.141. The molecule has 0 saturated heterocycles. The van der Waals surface area contributed by atoms with Crippen molar-refractivity contribution in [3.05, 3.63) is 48.2 Å². The molecule has 5 nitrogen and oxygen atoms in total. The zero-order chi connectivity index (χ0) is 19.7. The molecule has 1 N–H and O–H groups in total. The van der Waals surface area contributed by atoms with Gasteiger partial charge >= 0.3 is 5.97 Å². The van der Waals surface area contributed by atoms with Gasteiger partial charge in [0.2, 0.25) is 0 Å². The van der Waals surface area contributed by atoms with Gasteiger partial charge in [-0.1, -0.05) is 25.1 Å². The quantitative estimate of drug-likeness (QED) is 0.667. The Bertz CT molecular complexity index is 1000. The van der Waals surface area contributed by atoms with Crippen LogP contribution in [0.1, 0.15) is 38.2 Å². The Morgan fingerprint density at radius 2 is 2.04 bits per heavy atom. The van der Waals surface area contributed by atoms with E-state index in [1.807, 2.05) is 42.2 Å². The van der Waals surface area contributed by atoms with E-state index in [1.54, 1.807) is 6.92 Å². The summed E-state index contributed by atoms with van der Waals surface area (Å²) in [5.41, 5.74) is 4.03. The molecule has 1 aromatic heterocycles. The number of aromatic nitrogens is 2. The second-order valence-corrected chi connectivity index (χ2v) is 7.84. The Kier molecular flexibility index (Phi) is 5.07. The van der Waals surface area contributed by atoms with Crippen LogP contribution in [-0.4, -0.2) is 27.0 Å². The van der Waals surface area contributed by atoms with Gasteiger partial charge in [0.15, 0.2) is 0 Å². The summed E-state index contributed by atoms with van der Waals surface area (Å²) in [5, 5.41) is 14.9. The van der Waals surface area contributed by atoms with E-state index in [4.69, 9.17) is 4.74 Å². The summed E-state index contributed by atoms with van der Waals surface area (Å²) in [6.45, 7) is 1.74. The van der Waals surface area contributed by atoms with Gasteiger partial charge in [0, 0.05) is 24.2 Å². The summed E-state index contributed by atoms with van der Waals surface area (Å²) >= 11 is 0. The Labute approximate surface area is 164 Å². The van der Waals surface area contributed by atoms with Gasteiger partial charge in [-0.2, -0.15) is 5.10 Å². The van der Waals surface area contributed by atoms with Gasteiger partial charge in [0.1, 0.15) is 5.75 Å². The topological polar surface area (TPSA) is 64.4 Å². The molecule has 3 aromatic rings. The summed E-state index contributed by atoms with van der Waals surface area (Å²) in [7, 11) is 1.92. The van der Waals surface area contributed by atoms with Gasteiger partial charge in [-0.05, 0) is 61.4 Å². The van der Waals surface area contributed by atoms with Crippen molar-refractivity contribution in [2.45, 2.75) is 45.1 Å². The number of hydrogen-bond donors (Lipinski definition) is 1. The highest BCUT2D eigenvalue weighted by Gasteiger charge is 2.20. The van der Waals surface area contributed by atoms with Crippen LogP contribution in [0.3, 0.4) is 0 Å². The van der Waals surface area contributed by atoms with Gasteiger partial charge in [0.05, 0.1) is 17.5 Å². The van der Waals surface area contributed by atoms with Gasteiger partial charge in [0.25, 0.3) is 0 Å². The van der Waals surface area contributed by atoms with Crippen LogP contribution in [0.4, 0.5) is 0 Å². The van der Waals surface area contributed by atoms with Gasteiger partial charge in [-0.25, -0.2) is 0 Å². The first-order valence-electron chi connectivity index (χ1n) is 9.96. The van der Waals surface area contributed by atoms with Crippen molar-refractivity contribution in [3.8, 4) is 16.9 Å². The molecule has 0 bridgehead atoms. The highest BCUT2D eigenvalue weighted by molar-refractivity contribution is 5.96. The first-order valence-corrected chi connectivity index (χ1v) is 9.96. The Morgan fingerprint density at radius 1 is 1.25 bits per heavy atom. The number of carboxylic acid groups (broad SMARTS) is 1. The molecule has 5 heteroatoms. The molecule has 2 aromatic carbocycles. The average molecular weight is 378 g/mol. The number of aliphatic carboxylic acids is 1. The van der Waals surface area contributed by atoms with E-state index >= 15 is 0 Å². The molecule has 0 aliphatic heterocycles. The number of fused-ring (bicyclic) bond motifs is 1. The molecular weight excluding hydrogens is 352 g/mol. The largest absolute Gasteiger partial charge is 0.490 e. The van der Waals surface area contributed by atoms with Crippen molar-refractivity contribution in [1.29, 1.82) is 0 Å². The molecule has 1 saturated carbocycles. The summed E-state index contributed by atoms with van der Waals surface area (Å²) in [5.74, 6) is -0.333. The van der Waals surface area contributed by atoms with Gasteiger partial charge in [-0.3, -0.25) is 9.48 Å². The fourth-order valence-electron chi connectivity index (χ4n) is 4.04. The molecule has 1 aliphatic carbocycles. The lowest BCUT2D eigenvalue weighted by Crippen LogP contribution is -2.13. The SMILES string of the molecule is CC(Cc1ccc(OC2CCCC2)c(-c2cccc3nn(C)cc23)c1)C(=O)O. The maximum absolute atomic E-state index is 11.3. The van der Waals surface area contributed by atoms with E-state index in [0.29, 0.717) is 6.42 Å². The Morgan fingerprint density at radius 3 is 2.79 bits per heavy atom. The maximum Gasteiger partial charge on any atom is 0.306 e. The standard InChI is InChI=1S/C23H26N2O3/c1-15(23(26)27)12-16-10-11-22(28-17-6-3-4-7-17)19(13-16)18-8-5-9-21-20(18)14-25(2)24-21/h5,8-11,13-15,17H,3-4,6-7,12H2,1-2H3,(H,26,27). The van der Waals surface area contributed by atoms with Crippen LogP contribution in [0.5, 0.6) is 5.75 Å². The van der Waals surface area contributed by atoms with E-state index in [9.17, 15) is 9.90 Å². The van der Waals surface area contributed by atoms with Crippen molar-refractivity contribution in [2.75, 3.05) is 0 Å². The van der Waals surface area contributed by atoms with Gasteiger partial charge < -0.3 is 9.84 Å². The van der Waals surface area contributed by atoms with Crippen molar-refractivity contribution in [1.82, 2.24) is 9.78 Å². The number of hydrogen-bond acceptors (Lipinski definition) is 3.